The molecule has 0 saturated carbocycles. The summed E-state index contributed by atoms with van der Waals surface area (Å²) >= 11 is 0. The van der Waals surface area contributed by atoms with Crippen molar-refractivity contribution >= 4 is 17.9 Å². The molecule has 1 saturated heterocycles. The van der Waals surface area contributed by atoms with Crippen molar-refractivity contribution in [3.63, 3.8) is 0 Å². The van der Waals surface area contributed by atoms with Gasteiger partial charge in [0.05, 0.1) is 11.8 Å². The Hall–Kier alpha value is -2.36. The number of hydrogen-bond acceptors (Lipinski definition) is 6. The van der Waals surface area contributed by atoms with E-state index in [1.807, 2.05) is 4.90 Å². The fraction of sp³-hybridized carbons (Fsp3) is 0.533. The molecule has 7 nitrogen and oxygen atoms in total. The number of rotatable bonds is 5. The van der Waals surface area contributed by atoms with E-state index in [4.69, 9.17) is 10.6 Å². The predicted molar refractivity (Wildman–Crippen MR) is 86.1 cm³/mol. The summed E-state index contributed by atoms with van der Waals surface area (Å²) in [5.74, 6) is 0.250. The number of oxime groups is 1. The molecule has 1 aromatic rings. The van der Waals surface area contributed by atoms with Crippen LogP contribution in [-0.2, 0) is 15.8 Å². The van der Waals surface area contributed by atoms with Crippen LogP contribution in [0.4, 0.5) is 19.0 Å². The van der Waals surface area contributed by atoms with Crippen LogP contribution in [0.15, 0.2) is 23.5 Å². The van der Waals surface area contributed by atoms with Crippen molar-refractivity contribution in [2.75, 3.05) is 37.7 Å². The van der Waals surface area contributed by atoms with Crippen LogP contribution in [0.1, 0.15) is 12.5 Å². The first kappa shape index (κ1) is 19.0. The van der Waals surface area contributed by atoms with Crippen LogP contribution in [0.2, 0.25) is 0 Å². The molecule has 0 bridgehead atoms. The quantitative estimate of drug-likeness (QED) is 0.629. The average Bonchev–Trinajstić information content (AvgIpc) is 2.58. The Kier molecular flexibility index (Phi) is 6.18. The molecule has 2 rings (SSSR count). The molecule has 0 spiro atoms. The molecule has 25 heavy (non-hydrogen) atoms. The highest BCUT2D eigenvalue weighted by molar-refractivity contribution is 5.77. The summed E-state index contributed by atoms with van der Waals surface area (Å²) in [6.07, 6.45) is -2.19. The molecule has 10 heteroatoms. The van der Waals surface area contributed by atoms with E-state index in [2.05, 4.69) is 10.1 Å². The van der Waals surface area contributed by atoms with Gasteiger partial charge >= 0.3 is 6.18 Å². The Balaban J connectivity index is 1.82. The van der Waals surface area contributed by atoms with E-state index in [0.717, 1.165) is 12.3 Å². The first-order valence-electron chi connectivity index (χ1n) is 7.74. The number of amides is 1. The number of hydrogen-bond donors (Lipinski definition) is 1. The van der Waals surface area contributed by atoms with E-state index in [1.54, 1.807) is 11.8 Å². The van der Waals surface area contributed by atoms with Gasteiger partial charge in [-0.15, -0.1) is 0 Å². The summed E-state index contributed by atoms with van der Waals surface area (Å²) in [5.41, 5.74) is 4.67. The number of anilines is 1. The number of halogens is 3. The number of piperazine rings is 1. The van der Waals surface area contributed by atoms with Gasteiger partial charge in [0.15, 0.2) is 6.61 Å². The standard InChI is InChI=1S/C15H20F3N5O2/c1-11(19)8-21-25-10-14(24)23-6-4-22(5-7-23)13-3-2-12(9-20-13)15(16,17)18/h2-3,8-9,11H,4-7,10,19H2,1H3/b21-8+/t11-/m0/s1. The second-order valence-electron chi connectivity index (χ2n) is 5.66. The second kappa shape index (κ2) is 8.15. The van der Waals surface area contributed by atoms with Crippen LogP contribution < -0.4 is 10.6 Å². The molecule has 2 N–H and O–H groups in total. The third-order valence-corrected chi connectivity index (χ3v) is 3.59. The van der Waals surface area contributed by atoms with Crippen LogP contribution in [-0.4, -0.2) is 60.8 Å². The molecule has 1 atom stereocenters. The number of nitrogens with zero attached hydrogens (tertiary/aromatic N) is 4. The molecule has 0 unspecified atom stereocenters. The minimum absolute atomic E-state index is 0.179. The minimum Gasteiger partial charge on any atom is -0.386 e. The van der Waals surface area contributed by atoms with Crippen molar-refractivity contribution in [3.8, 4) is 0 Å². The molecule has 2 heterocycles. The monoisotopic (exact) mass is 359 g/mol. The molecule has 1 amide bonds. The number of alkyl halides is 3. The van der Waals surface area contributed by atoms with Crippen LogP contribution in [0, 0.1) is 0 Å². The summed E-state index contributed by atoms with van der Waals surface area (Å²) in [5, 5.41) is 3.59. The SMILES string of the molecule is C[C@H](N)/C=N/OCC(=O)N1CCN(c2ccc(C(F)(F)F)cn2)CC1. The summed E-state index contributed by atoms with van der Waals surface area (Å²) in [4.78, 5) is 24.2. The molecule has 1 aliphatic rings. The van der Waals surface area contributed by atoms with Crippen LogP contribution in [0.3, 0.4) is 0 Å². The molecule has 0 radical (unpaired) electrons. The smallest absolute Gasteiger partial charge is 0.386 e. The maximum Gasteiger partial charge on any atom is 0.417 e. The molecule has 1 fully saturated rings. The van der Waals surface area contributed by atoms with Crippen molar-refractivity contribution in [1.82, 2.24) is 9.88 Å². The molecular formula is C15H20F3N5O2. The lowest BCUT2D eigenvalue weighted by Crippen LogP contribution is -2.49. The highest BCUT2D eigenvalue weighted by Crippen LogP contribution is 2.29. The van der Waals surface area contributed by atoms with Gasteiger partial charge in [0.1, 0.15) is 5.82 Å². The van der Waals surface area contributed by atoms with Crippen molar-refractivity contribution < 1.29 is 22.8 Å². The third kappa shape index (κ3) is 5.59. The van der Waals surface area contributed by atoms with E-state index >= 15 is 0 Å². The summed E-state index contributed by atoms with van der Waals surface area (Å²) < 4.78 is 37.6. The number of carbonyl (C=O) groups is 1. The van der Waals surface area contributed by atoms with Crippen molar-refractivity contribution in [1.29, 1.82) is 0 Å². The minimum atomic E-state index is -4.40. The Morgan fingerprint density at radius 3 is 2.60 bits per heavy atom. The lowest BCUT2D eigenvalue weighted by molar-refractivity contribution is -0.138. The van der Waals surface area contributed by atoms with Crippen LogP contribution in [0.5, 0.6) is 0 Å². The lowest BCUT2D eigenvalue weighted by Gasteiger charge is -2.35. The highest BCUT2D eigenvalue weighted by Gasteiger charge is 2.31. The first-order chi connectivity index (χ1) is 11.8. The second-order valence-corrected chi connectivity index (χ2v) is 5.66. The van der Waals surface area contributed by atoms with Gasteiger partial charge in [-0.05, 0) is 19.1 Å². The van der Waals surface area contributed by atoms with Gasteiger partial charge in [-0.3, -0.25) is 4.79 Å². The zero-order chi connectivity index (χ0) is 18.4. The van der Waals surface area contributed by atoms with Gasteiger partial charge in [-0.2, -0.15) is 13.2 Å². The van der Waals surface area contributed by atoms with Crippen molar-refractivity contribution in [2.24, 2.45) is 10.9 Å². The molecule has 0 aromatic carbocycles. The zero-order valence-corrected chi connectivity index (χ0v) is 13.7. The van der Waals surface area contributed by atoms with Crippen LogP contribution in [0.25, 0.3) is 0 Å². The third-order valence-electron chi connectivity index (χ3n) is 3.59. The maximum atomic E-state index is 12.5. The van der Waals surface area contributed by atoms with Gasteiger partial charge in [-0.25, -0.2) is 4.98 Å². The zero-order valence-electron chi connectivity index (χ0n) is 13.7. The van der Waals surface area contributed by atoms with Gasteiger partial charge in [0, 0.05) is 38.4 Å². The van der Waals surface area contributed by atoms with Gasteiger partial charge < -0.3 is 20.4 Å². The highest BCUT2D eigenvalue weighted by atomic mass is 19.4. The summed E-state index contributed by atoms with van der Waals surface area (Å²) in [7, 11) is 0. The predicted octanol–water partition coefficient (Wildman–Crippen LogP) is 1.10. The van der Waals surface area contributed by atoms with Gasteiger partial charge in [0.2, 0.25) is 0 Å². The number of pyridine rings is 1. The fourth-order valence-electron chi connectivity index (χ4n) is 2.25. The maximum absolute atomic E-state index is 12.5. The molecule has 138 valence electrons. The van der Waals surface area contributed by atoms with E-state index < -0.39 is 11.7 Å². The van der Waals surface area contributed by atoms with Crippen LogP contribution >= 0.6 is 0 Å². The molecule has 1 aromatic heterocycles. The van der Waals surface area contributed by atoms with Crippen molar-refractivity contribution in [3.05, 3.63) is 23.9 Å². The Bertz CT molecular complexity index is 596. The molecular weight excluding hydrogens is 339 g/mol. The average molecular weight is 359 g/mol. The van der Waals surface area contributed by atoms with Gasteiger partial charge in [-0.1, -0.05) is 5.16 Å². The van der Waals surface area contributed by atoms with E-state index in [-0.39, 0.29) is 18.6 Å². The Labute approximate surface area is 143 Å². The molecule has 1 aliphatic heterocycles. The largest absolute Gasteiger partial charge is 0.417 e. The molecule has 0 aliphatic carbocycles. The Morgan fingerprint density at radius 1 is 1.40 bits per heavy atom. The normalized spacial score (nSPS) is 17.0. The van der Waals surface area contributed by atoms with E-state index in [9.17, 15) is 18.0 Å². The topological polar surface area (TPSA) is 84.0 Å². The van der Waals surface area contributed by atoms with Gasteiger partial charge in [0.25, 0.3) is 5.91 Å². The number of aromatic nitrogens is 1. The fourth-order valence-corrected chi connectivity index (χ4v) is 2.25. The van der Waals surface area contributed by atoms with E-state index in [0.29, 0.717) is 32.0 Å². The van der Waals surface area contributed by atoms with Crippen molar-refractivity contribution in [2.45, 2.75) is 19.1 Å². The Morgan fingerprint density at radius 2 is 2.08 bits per heavy atom. The van der Waals surface area contributed by atoms with E-state index in [1.165, 1.54) is 12.3 Å². The summed E-state index contributed by atoms with van der Waals surface area (Å²) in [6, 6.07) is 2.09. The summed E-state index contributed by atoms with van der Waals surface area (Å²) in [6.45, 7) is 3.37. The lowest BCUT2D eigenvalue weighted by atomic mass is 10.2. The first-order valence-corrected chi connectivity index (χ1v) is 7.74. The number of carbonyl (C=O) groups excluding carboxylic acids is 1. The number of nitrogens with two attached hydrogens (primary N) is 1.